The molecular weight excluding hydrogens is 277 g/mol. The van der Waals surface area contributed by atoms with Crippen LogP contribution >= 0.6 is 23.2 Å². The number of anilines is 1. The van der Waals surface area contributed by atoms with Gasteiger partial charge in [-0.15, -0.1) is 0 Å². The van der Waals surface area contributed by atoms with Gasteiger partial charge in [-0.25, -0.2) is 4.79 Å². The highest BCUT2D eigenvalue weighted by Gasteiger charge is 2.20. The van der Waals surface area contributed by atoms with Gasteiger partial charge in [-0.1, -0.05) is 23.2 Å². The summed E-state index contributed by atoms with van der Waals surface area (Å²) in [5.41, 5.74) is 6.20. The molecule has 98 valence electrons. The van der Waals surface area contributed by atoms with Gasteiger partial charge in [-0.2, -0.15) is 0 Å². The highest BCUT2D eigenvalue weighted by atomic mass is 35.5. The summed E-state index contributed by atoms with van der Waals surface area (Å²) in [5, 5.41) is 0.484. The van der Waals surface area contributed by atoms with E-state index in [-0.39, 0.29) is 21.8 Å². The number of esters is 1. The molecular formula is C12H13Cl2NO3. The molecule has 0 radical (unpaired) electrons. The van der Waals surface area contributed by atoms with Gasteiger partial charge in [0.15, 0.2) is 0 Å². The Morgan fingerprint density at radius 2 is 2.22 bits per heavy atom. The van der Waals surface area contributed by atoms with E-state index < -0.39 is 5.97 Å². The van der Waals surface area contributed by atoms with Crippen LogP contribution in [0.25, 0.3) is 0 Å². The average Bonchev–Trinajstić information content (AvgIpc) is 2.36. The van der Waals surface area contributed by atoms with Crippen molar-refractivity contribution in [2.45, 2.75) is 18.9 Å². The number of benzene rings is 1. The van der Waals surface area contributed by atoms with Crippen molar-refractivity contribution in [1.29, 1.82) is 0 Å². The van der Waals surface area contributed by atoms with Crippen molar-refractivity contribution in [2.24, 2.45) is 0 Å². The number of carbonyl (C=O) groups is 1. The molecule has 1 saturated heterocycles. The second kappa shape index (κ2) is 5.78. The van der Waals surface area contributed by atoms with Crippen LogP contribution < -0.4 is 5.73 Å². The minimum atomic E-state index is -0.462. The first-order valence-corrected chi connectivity index (χ1v) is 6.37. The standard InChI is InChI=1S/C12H13Cl2NO3/c13-9-4-7(5-10(15)11(9)14)12(16)18-8-2-1-3-17-6-8/h4-5,8H,1-3,6,15H2. The van der Waals surface area contributed by atoms with Gasteiger partial charge >= 0.3 is 5.97 Å². The van der Waals surface area contributed by atoms with Crippen molar-refractivity contribution in [2.75, 3.05) is 18.9 Å². The molecule has 1 atom stereocenters. The molecule has 1 fully saturated rings. The molecule has 4 nitrogen and oxygen atoms in total. The fourth-order valence-corrected chi connectivity index (χ4v) is 2.09. The molecule has 1 aromatic rings. The molecule has 0 bridgehead atoms. The molecule has 2 N–H and O–H groups in total. The molecule has 1 aliphatic heterocycles. The number of nitrogen functional groups attached to an aromatic ring is 1. The van der Waals surface area contributed by atoms with Crippen molar-refractivity contribution < 1.29 is 14.3 Å². The highest BCUT2D eigenvalue weighted by molar-refractivity contribution is 6.43. The van der Waals surface area contributed by atoms with Crippen molar-refractivity contribution >= 4 is 34.9 Å². The number of ether oxygens (including phenoxy) is 2. The third-order valence-corrected chi connectivity index (χ3v) is 3.50. The van der Waals surface area contributed by atoms with E-state index in [1.807, 2.05) is 0 Å². The minimum Gasteiger partial charge on any atom is -0.456 e. The largest absolute Gasteiger partial charge is 0.456 e. The van der Waals surface area contributed by atoms with E-state index in [1.54, 1.807) is 0 Å². The lowest BCUT2D eigenvalue weighted by atomic mass is 10.1. The van der Waals surface area contributed by atoms with E-state index in [2.05, 4.69) is 0 Å². The number of hydrogen-bond acceptors (Lipinski definition) is 4. The Morgan fingerprint density at radius 3 is 2.83 bits per heavy atom. The summed E-state index contributed by atoms with van der Waals surface area (Å²) >= 11 is 11.7. The molecule has 1 aromatic carbocycles. The van der Waals surface area contributed by atoms with Gasteiger partial charge in [0.2, 0.25) is 0 Å². The van der Waals surface area contributed by atoms with Crippen LogP contribution in [0.3, 0.4) is 0 Å². The van der Waals surface area contributed by atoms with Crippen molar-refractivity contribution in [3.8, 4) is 0 Å². The monoisotopic (exact) mass is 289 g/mol. The predicted molar refractivity (Wildman–Crippen MR) is 70.1 cm³/mol. The fourth-order valence-electron chi connectivity index (χ4n) is 1.75. The van der Waals surface area contributed by atoms with Crippen molar-refractivity contribution in [3.63, 3.8) is 0 Å². The first-order valence-electron chi connectivity index (χ1n) is 5.61. The maximum absolute atomic E-state index is 11.9. The average molecular weight is 290 g/mol. The number of nitrogens with two attached hydrogens (primary N) is 1. The summed E-state index contributed by atoms with van der Waals surface area (Å²) in [6.07, 6.45) is 1.49. The summed E-state index contributed by atoms with van der Waals surface area (Å²) in [7, 11) is 0. The van der Waals surface area contributed by atoms with E-state index in [0.29, 0.717) is 18.8 Å². The van der Waals surface area contributed by atoms with E-state index in [4.69, 9.17) is 38.4 Å². The minimum absolute atomic E-state index is 0.207. The van der Waals surface area contributed by atoms with Gasteiger partial charge < -0.3 is 15.2 Å². The first kappa shape index (κ1) is 13.5. The second-order valence-corrected chi connectivity index (χ2v) is 4.89. The van der Waals surface area contributed by atoms with Gasteiger partial charge in [0, 0.05) is 6.61 Å². The molecule has 0 spiro atoms. The van der Waals surface area contributed by atoms with Crippen LogP contribution in [-0.2, 0) is 9.47 Å². The molecule has 0 amide bonds. The van der Waals surface area contributed by atoms with Crippen LogP contribution in [-0.4, -0.2) is 25.3 Å². The zero-order valence-corrected chi connectivity index (χ0v) is 11.1. The van der Waals surface area contributed by atoms with Gasteiger partial charge in [0.05, 0.1) is 27.9 Å². The lowest BCUT2D eigenvalue weighted by molar-refractivity contribution is -0.0305. The zero-order valence-electron chi connectivity index (χ0n) is 9.62. The van der Waals surface area contributed by atoms with Crippen LogP contribution in [0.5, 0.6) is 0 Å². The van der Waals surface area contributed by atoms with Gasteiger partial charge in [0.25, 0.3) is 0 Å². The van der Waals surface area contributed by atoms with Crippen LogP contribution in [0.2, 0.25) is 10.0 Å². The molecule has 1 heterocycles. The molecule has 1 unspecified atom stereocenters. The van der Waals surface area contributed by atoms with Crippen molar-refractivity contribution in [1.82, 2.24) is 0 Å². The lowest BCUT2D eigenvalue weighted by Crippen LogP contribution is -2.28. The van der Waals surface area contributed by atoms with E-state index in [1.165, 1.54) is 12.1 Å². The highest BCUT2D eigenvalue weighted by Crippen LogP contribution is 2.29. The summed E-state index contributed by atoms with van der Waals surface area (Å²) in [6, 6.07) is 2.91. The van der Waals surface area contributed by atoms with Crippen molar-refractivity contribution in [3.05, 3.63) is 27.7 Å². The van der Waals surface area contributed by atoms with Gasteiger partial charge in [-0.05, 0) is 25.0 Å². The lowest BCUT2D eigenvalue weighted by Gasteiger charge is -2.22. The fraction of sp³-hybridized carbons (Fsp3) is 0.417. The molecule has 0 aromatic heterocycles. The third kappa shape index (κ3) is 3.07. The Hall–Kier alpha value is -0.970. The number of halogens is 2. The topological polar surface area (TPSA) is 61.6 Å². The van der Waals surface area contributed by atoms with E-state index in [0.717, 1.165) is 12.8 Å². The second-order valence-electron chi connectivity index (χ2n) is 4.11. The molecule has 18 heavy (non-hydrogen) atoms. The Morgan fingerprint density at radius 1 is 1.44 bits per heavy atom. The molecule has 6 heteroatoms. The smallest absolute Gasteiger partial charge is 0.338 e. The third-order valence-electron chi connectivity index (χ3n) is 2.68. The van der Waals surface area contributed by atoms with Gasteiger partial charge in [-0.3, -0.25) is 0 Å². The SMILES string of the molecule is Nc1cc(C(=O)OC2CCCOC2)cc(Cl)c1Cl. The van der Waals surface area contributed by atoms with Gasteiger partial charge in [0.1, 0.15) is 6.10 Å². The molecule has 1 aliphatic rings. The maximum Gasteiger partial charge on any atom is 0.338 e. The van der Waals surface area contributed by atoms with Crippen LogP contribution in [0.4, 0.5) is 5.69 Å². The Kier molecular flexibility index (Phi) is 4.32. The normalized spacial score (nSPS) is 19.6. The summed E-state index contributed by atoms with van der Waals surface area (Å²) in [6.45, 7) is 1.15. The Balaban J connectivity index is 2.08. The first-order chi connectivity index (χ1) is 8.58. The molecule has 0 aliphatic carbocycles. The summed E-state index contributed by atoms with van der Waals surface area (Å²) < 4.78 is 10.5. The quantitative estimate of drug-likeness (QED) is 0.672. The van der Waals surface area contributed by atoms with Crippen LogP contribution in [0.1, 0.15) is 23.2 Å². The number of rotatable bonds is 2. The van der Waals surface area contributed by atoms with Crippen LogP contribution in [0.15, 0.2) is 12.1 Å². The predicted octanol–water partition coefficient (Wildman–Crippen LogP) is 2.91. The molecule has 0 saturated carbocycles. The zero-order chi connectivity index (χ0) is 13.1. The number of hydrogen-bond donors (Lipinski definition) is 1. The molecule has 2 rings (SSSR count). The number of carbonyl (C=O) groups excluding carboxylic acids is 1. The summed E-state index contributed by atoms with van der Waals surface area (Å²) in [4.78, 5) is 11.9. The summed E-state index contributed by atoms with van der Waals surface area (Å²) in [5.74, 6) is -0.462. The Labute approximate surface area is 115 Å². The van der Waals surface area contributed by atoms with Crippen LogP contribution in [0, 0.1) is 0 Å². The maximum atomic E-state index is 11.9. The van der Waals surface area contributed by atoms with E-state index in [9.17, 15) is 4.79 Å². The van der Waals surface area contributed by atoms with E-state index >= 15 is 0 Å². The Bertz CT molecular complexity index is 436.